The van der Waals surface area contributed by atoms with Crippen LogP contribution >= 0.6 is 0 Å². The molecule has 0 aliphatic carbocycles. The maximum atomic E-state index is 13.6. The zero-order valence-corrected chi connectivity index (χ0v) is 33.4. The number of hydrogen-bond donors (Lipinski definition) is 4. The van der Waals surface area contributed by atoms with Gasteiger partial charge in [-0.05, 0) is 75.7 Å². The number of nitrogens with two attached hydrogens (primary N) is 2. The second kappa shape index (κ2) is 18.1. The number of benzene rings is 2. The van der Waals surface area contributed by atoms with E-state index in [0.717, 1.165) is 53.9 Å². The molecular weight excluding hydrogens is 743 g/mol. The molecule has 0 bridgehead atoms. The van der Waals surface area contributed by atoms with Crippen LogP contribution in [0.15, 0.2) is 54.6 Å². The van der Waals surface area contributed by atoms with Gasteiger partial charge in [-0.1, -0.05) is 12.2 Å². The van der Waals surface area contributed by atoms with Gasteiger partial charge >= 0.3 is 0 Å². The summed E-state index contributed by atoms with van der Waals surface area (Å²) in [5.74, 6) is -0.459. The second-order valence-electron chi connectivity index (χ2n) is 13.7. The fraction of sp³-hybridized carbons (Fsp3) is 0.350. The van der Waals surface area contributed by atoms with Crippen LogP contribution in [0.5, 0.6) is 0 Å². The number of anilines is 2. The zero-order valence-electron chi connectivity index (χ0n) is 33.4. The van der Waals surface area contributed by atoms with Crippen LogP contribution in [-0.4, -0.2) is 101 Å². The van der Waals surface area contributed by atoms with Crippen molar-refractivity contribution in [3.8, 4) is 0 Å². The lowest BCUT2D eigenvalue weighted by atomic mass is 10.1. The second-order valence-corrected chi connectivity index (χ2v) is 13.7. The summed E-state index contributed by atoms with van der Waals surface area (Å²) in [5.41, 5.74) is 18.3. The van der Waals surface area contributed by atoms with Crippen LogP contribution in [0.1, 0.15) is 72.5 Å². The molecule has 1 fully saturated rings. The van der Waals surface area contributed by atoms with E-state index in [2.05, 4.69) is 30.7 Å². The van der Waals surface area contributed by atoms with Crippen LogP contribution in [0, 0.1) is 13.8 Å². The van der Waals surface area contributed by atoms with Gasteiger partial charge in [0, 0.05) is 64.0 Å². The number of amides is 3. The van der Waals surface area contributed by atoms with E-state index >= 15 is 0 Å². The highest BCUT2D eigenvalue weighted by Gasteiger charge is 2.22. The highest BCUT2D eigenvalue weighted by atomic mass is 16.5. The SMILES string of the molecule is CCn1nc(C)cc1C(=O)Nc1nc2cc(C(N)=O)cc(CN3CCOCC3)c2n1C/C=C/Cn1c(NC)nc2cc(C(N)=O)ccc21.CCn1nc(C)cc1C=O. The van der Waals surface area contributed by atoms with E-state index in [1.807, 2.05) is 55.0 Å². The third kappa shape index (κ3) is 8.98. The van der Waals surface area contributed by atoms with Gasteiger partial charge in [-0.15, -0.1) is 0 Å². The molecule has 1 saturated heterocycles. The lowest BCUT2D eigenvalue weighted by Gasteiger charge is -2.27. The molecule has 1 aliphatic rings. The van der Waals surface area contributed by atoms with Gasteiger partial charge in [0.05, 0.1) is 46.7 Å². The number of aldehydes is 1. The Morgan fingerprint density at radius 2 is 1.45 bits per heavy atom. The highest BCUT2D eigenvalue weighted by molar-refractivity contribution is 6.04. The quantitative estimate of drug-likeness (QED) is 0.0922. The first-order chi connectivity index (χ1) is 27.9. The Hall–Kier alpha value is -6.66. The molecule has 18 heteroatoms. The summed E-state index contributed by atoms with van der Waals surface area (Å²) in [6, 6.07) is 12.2. The molecule has 18 nitrogen and oxygen atoms in total. The van der Waals surface area contributed by atoms with Crippen LogP contribution in [0.3, 0.4) is 0 Å². The summed E-state index contributed by atoms with van der Waals surface area (Å²) < 4.78 is 12.8. The molecule has 0 atom stereocenters. The number of imidazole rings is 2. The summed E-state index contributed by atoms with van der Waals surface area (Å²) in [6.07, 6.45) is 4.81. The lowest BCUT2D eigenvalue weighted by molar-refractivity contribution is 0.0343. The van der Waals surface area contributed by atoms with E-state index in [1.54, 1.807) is 52.8 Å². The van der Waals surface area contributed by atoms with Gasteiger partial charge < -0.3 is 30.7 Å². The zero-order chi connectivity index (χ0) is 41.5. The van der Waals surface area contributed by atoms with E-state index < -0.39 is 11.8 Å². The summed E-state index contributed by atoms with van der Waals surface area (Å²) >= 11 is 0. The van der Waals surface area contributed by atoms with E-state index in [4.69, 9.17) is 21.2 Å². The monoisotopic (exact) mass is 791 g/mol. The number of morpholine rings is 1. The van der Waals surface area contributed by atoms with E-state index in [9.17, 15) is 19.2 Å². The number of allylic oxidation sites excluding steroid dienone is 2. The fourth-order valence-corrected chi connectivity index (χ4v) is 6.96. The molecule has 4 aromatic heterocycles. The number of rotatable bonds is 14. The number of hydrogen-bond acceptors (Lipinski definition) is 11. The van der Waals surface area contributed by atoms with Gasteiger partial charge in [-0.2, -0.15) is 10.2 Å². The van der Waals surface area contributed by atoms with Gasteiger partial charge in [-0.25, -0.2) is 9.97 Å². The molecule has 2 aromatic carbocycles. The van der Waals surface area contributed by atoms with Crippen LogP contribution in [-0.2, 0) is 37.5 Å². The number of ether oxygens (including phenoxy) is 1. The molecule has 7 rings (SSSR count). The minimum Gasteiger partial charge on any atom is -0.379 e. The summed E-state index contributed by atoms with van der Waals surface area (Å²) in [4.78, 5) is 59.7. The molecule has 6 N–H and O–H groups in total. The number of nitrogens with one attached hydrogen (secondary N) is 2. The first-order valence-corrected chi connectivity index (χ1v) is 19.1. The van der Waals surface area contributed by atoms with Gasteiger partial charge in [0.15, 0.2) is 6.29 Å². The minimum absolute atomic E-state index is 0.328. The summed E-state index contributed by atoms with van der Waals surface area (Å²) in [6.45, 7) is 13.0. The molecule has 1 aliphatic heterocycles. The Morgan fingerprint density at radius 1 is 0.810 bits per heavy atom. The Morgan fingerprint density at radius 3 is 2.09 bits per heavy atom. The van der Waals surface area contributed by atoms with Crippen LogP contribution in [0.25, 0.3) is 22.1 Å². The number of aromatic nitrogens is 8. The third-order valence-corrected chi connectivity index (χ3v) is 9.72. The molecule has 0 unspecified atom stereocenters. The molecular formula is C40H49N13O5. The average Bonchev–Trinajstić information content (AvgIpc) is 3.98. The van der Waals surface area contributed by atoms with Gasteiger partial charge in [0.25, 0.3) is 5.91 Å². The smallest absolute Gasteiger partial charge is 0.276 e. The van der Waals surface area contributed by atoms with Crippen molar-refractivity contribution < 1.29 is 23.9 Å². The van der Waals surface area contributed by atoms with Crippen LogP contribution in [0.2, 0.25) is 0 Å². The van der Waals surface area contributed by atoms with Crippen molar-refractivity contribution in [2.45, 2.75) is 60.4 Å². The van der Waals surface area contributed by atoms with Crippen molar-refractivity contribution in [3.05, 3.63) is 94.1 Å². The standard InChI is InChI=1S/C33H39N11O4.C7H10N2O/c1-4-44-27(15-20(2)40-44)31(47)39-33-38-25-18-22(30(35)46)16-23(19-41-11-13-48-14-12-41)28(25)43(33)10-6-5-9-42-26-8-7-21(29(34)45)17-24(26)37-32(42)36-3;1-3-9-7(5-10)4-6(2)8-9/h5-8,15-18H,4,9-14,19H2,1-3H3,(H2,34,45)(H2,35,46)(H,36,37)(H,38,39,47);4-5H,3H2,1-2H3/b6-5+;. The van der Waals surface area contributed by atoms with Crippen LogP contribution in [0.4, 0.5) is 11.9 Å². The lowest BCUT2D eigenvalue weighted by Crippen LogP contribution is -2.35. The number of fused-ring (bicyclic) bond motifs is 2. The predicted molar refractivity (Wildman–Crippen MR) is 220 cm³/mol. The van der Waals surface area contributed by atoms with Gasteiger partial charge in [-0.3, -0.25) is 38.8 Å². The maximum absolute atomic E-state index is 13.6. The molecule has 0 radical (unpaired) electrons. The number of carbonyl (C=O) groups excluding carboxylic acids is 4. The maximum Gasteiger partial charge on any atom is 0.276 e. The molecule has 0 spiro atoms. The first kappa shape index (κ1) is 41.0. The molecule has 58 heavy (non-hydrogen) atoms. The number of primary amides is 2. The predicted octanol–water partition coefficient (Wildman–Crippen LogP) is 3.52. The van der Waals surface area contributed by atoms with Crippen molar-refractivity contribution in [2.75, 3.05) is 44.0 Å². The van der Waals surface area contributed by atoms with Crippen molar-refractivity contribution in [1.82, 2.24) is 43.6 Å². The highest BCUT2D eigenvalue weighted by Crippen LogP contribution is 2.28. The van der Waals surface area contributed by atoms with Crippen molar-refractivity contribution in [1.29, 1.82) is 0 Å². The van der Waals surface area contributed by atoms with E-state index in [-0.39, 0.29) is 5.91 Å². The first-order valence-electron chi connectivity index (χ1n) is 19.1. The van der Waals surface area contributed by atoms with Crippen molar-refractivity contribution >= 4 is 58.0 Å². The fourth-order valence-electron chi connectivity index (χ4n) is 6.96. The Bertz CT molecular complexity index is 2500. The normalized spacial score (nSPS) is 13.2. The molecule has 0 saturated carbocycles. The van der Waals surface area contributed by atoms with Crippen molar-refractivity contribution in [2.24, 2.45) is 11.5 Å². The van der Waals surface area contributed by atoms with Crippen LogP contribution < -0.4 is 22.1 Å². The molecule has 304 valence electrons. The Kier molecular flexibility index (Phi) is 12.8. The van der Waals surface area contributed by atoms with Gasteiger partial charge in [0.1, 0.15) is 11.4 Å². The topological polar surface area (TPSA) is 228 Å². The summed E-state index contributed by atoms with van der Waals surface area (Å²) in [5, 5.41) is 14.6. The average molecular weight is 792 g/mol. The largest absolute Gasteiger partial charge is 0.379 e. The van der Waals surface area contributed by atoms with E-state index in [1.165, 1.54) is 0 Å². The molecule has 5 heterocycles. The van der Waals surface area contributed by atoms with Gasteiger partial charge in [0.2, 0.25) is 23.7 Å². The third-order valence-electron chi connectivity index (χ3n) is 9.72. The summed E-state index contributed by atoms with van der Waals surface area (Å²) in [7, 11) is 1.78. The Balaban J connectivity index is 0.000000496. The minimum atomic E-state index is -0.557. The van der Waals surface area contributed by atoms with E-state index in [0.29, 0.717) is 84.8 Å². The molecule has 3 amide bonds. The number of aryl methyl sites for hydroxylation is 4. The van der Waals surface area contributed by atoms with Crippen molar-refractivity contribution in [3.63, 3.8) is 0 Å². The molecule has 6 aromatic rings. The number of nitrogens with zero attached hydrogens (tertiary/aromatic N) is 9. The Labute approximate surface area is 334 Å². The number of carbonyl (C=O) groups is 4.